The van der Waals surface area contributed by atoms with Gasteiger partial charge in [0.25, 0.3) is 0 Å². The van der Waals surface area contributed by atoms with Crippen molar-refractivity contribution in [1.82, 2.24) is 20.3 Å². The average molecular weight is 224 g/mol. The third-order valence-electron chi connectivity index (χ3n) is 2.95. The fourth-order valence-electron chi connectivity index (χ4n) is 2.08. The Balaban J connectivity index is 1.57. The van der Waals surface area contributed by atoms with Gasteiger partial charge in [0.2, 0.25) is 0 Å². The Hall–Kier alpha value is -0.940. The van der Waals surface area contributed by atoms with Crippen LogP contribution in [0.25, 0.3) is 0 Å². The van der Waals surface area contributed by atoms with Crippen LogP contribution < -0.4 is 5.32 Å². The molecule has 1 aromatic rings. The normalized spacial score (nSPS) is 25.8. The number of hydrogen-bond acceptors (Lipinski definition) is 4. The van der Waals surface area contributed by atoms with Crippen molar-refractivity contribution in [2.45, 2.75) is 44.9 Å². The molecule has 90 valence electrons. The van der Waals surface area contributed by atoms with Crippen molar-refractivity contribution in [3.05, 3.63) is 12.4 Å². The molecule has 5 heteroatoms. The Labute approximate surface area is 96.2 Å². The Morgan fingerprint density at radius 1 is 1.56 bits per heavy atom. The summed E-state index contributed by atoms with van der Waals surface area (Å²) in [6.07, 6.45) is 7.37. The summed E-state index contributed by atoms with van der Waals surface area (Å²) < 4.78 is 7.38. The smallest absolute Gasteiger partial charge is 0.0692 e. The predicted octanol–water partition coefficient (Wildman–Crippen LogP) is 0.825. The summed E-state index contributed by atoms with van der Waals surface area (Å²) in [6, 6.07) is 0.625. The van der Waals surface area contributed by atoms with Crippen LogP contribution in [0.5, 0.6) is 0 Å². The van der Waals surface area contributed by atoms with Gasteiger partial charge < -0.3 is 10.1 Å². The maximum Gasteiger partial charge on any atom is 0.0692 e. The van der Waals surface area contributed by atoms with Crippen LogP contribution in [0.3, 0.4) is 0 Å². The van der Waals surface area contributed by atoms with Gasteiger partial charge in [-0.25, -0.2) is 0 Å². The predicted molar refractivity (Wildman–Crippen MR) is 61.1 cm³/mol. The van der Waals surface area contributed by atoms with Gasteiger partial charge in [-0.15, -0.1) is 5.10 Å². The maximum atomic E-state index is 5.51. The summed E-state index contributed by atoms with van der Waals surface area (Å²) in [5, 5.41) is 11.3. The highest BCUT2D eigenvalue weighted by Gasteiger charge is 2.18. The Morgan fingerprint density at radius 3 is 3.25 bits per heavy atom. The van der Waals surface area contributed by atoms with Crippen LogP contribution in [0.2, 0.25) is 0 Å². The van der Waals surface area contributed by atoms with Crippen molar-refractivity contribution >= 4 is 0 Å². The molecule has 1 aliphatic rings. The number of ether oxygens (including phenoxy) is 1. The molecule has 2 unspecified atom stereocenters. The summed E-state index contributed by atoms with van der Waals surface area (Å²) in [5.41, 5.74) is 0. The highest BCUT2D eigenvalue weighted by molar-refractivity contribution is 4.74. The third-order valence-corrected chi connectivity index (χ3v) is 2.95. The van der Waals surface area contributed by atoms with Crippen molar-refractivity contribution in [3.8, 4) is 0 Å². The fourth-order valence-corrected chi connectivity index (χ4v) is 2.08. The van der Waals surface area contributed by atoms with Crippen LogP contribution in [0.15, 0.2) is 12.4 Å². The van der Waals surface area contributed by atoms with Crippen molar-refractivity contribution in [2.24, 2.45) is 0 Å². The topological polar surface area (TPSA) is 52.0 Å². The van der Waals surface area contributed by atoms with Gasteiger partial charge >= 0.3 is 0 Å². The summed E-state index contributed by atoms with van der Waals surface area (Å²) >= 11 is 0. The van der Waals surface area contributed by atoms with Crippen molar-refractivity contribution in [1.29, 1.82) is 0 Å². The minimum absolute atomic E-state index is 0.404. The molecule has 0 radical (unpaired) electrons. The highest BCUT2D eigenvalue weighted by Crippen LogP contribution is 2.12. The molecule has 1 fully saturated rings. The van der Waals surface area contributed by atoms with Gasteiger partial charge in [-0.1, -0.05) is 5.21 Å². The number of nitrogens with zero attached hydrogens (tertiary/aromatic N) is 3. The number of aromatic nitrogens is 3. The maximum absolute atomic E-state index is 5.51. The van der Waals surface area contributed by atoms with E-state index in [2.05, 4.69) is 22.6 Å². The van der Waals surface area contributed by atoms with E-state index in [-0.39, 0.29) is 0 Å². The second-order valence-electron chi connectivity index (χ2n) is 4.38. The molecular formula is C11H20N4O. The summed E-state index contributed by atoms with van der Waals surface area (Å²) in [5.74, 6) is 0. The van der Waals surface area contributed by atoms with E-state index in [1.54, 1.807) is 6.20 Å². The lowest BCUT2D eigenvalue weighted by Crippen LogP contribution is -2.38. The minimum Gasteiger partial charge on any atom is -0.378 e. The first-order chi connectivity index (χ1) is 7.84. The van der Waals surface area contributed by atoms with E-state index in [0.717, 1.165) is 39.0 Å². The van der Waals surface area contributed by atoms with Gasteiger partial charge in [-0.2, -0.15) is 0 Å². The van der Waals surface area contributed by atoms with Crippen LogP contribution in [0, 0.1) is 0 Å². The number of rotatable bonds is 5. The molecule has 0 spiro atoms. The molecule has 0 amide bonds. The molecular weight excluding hydrogens is 204 g/mol. The zero-order valence-corrected chi connectivity index (χ0v) is 9.80. The van der Waals surface area contributed by atoms with E-state index in [1.165, 1.54) is 0 Å². The number of aryl methyl sites for hydroxylation is 1. The first-order valence-electron chi connectivity index (χ1n) is 6.03. The lowest BCUT2D eigenvalue weighted by molar-refractivity contribution is 0.0133. The molecule has 2 atom stereocenters. The molecule has 1 aromatic heterocycles. The zero-order chi connectivity index (χ0) is 11.2. The average Bonchev–Trinajstić information content (AvgIpc) is 2.77. The highest BCUT2D eigenvalue weighted by atomic mass is 16.5. The van der Waals surface area contributed by atoms with Gasteiger partial charge in [0, 0.05) is 25.4 Å². The van der Waals surface area contributed by atoms with Crippen LogP contribution in [-0.2, 0) is 11.3 Å². The van der Waals surface area contributed by atoms with Crippen molar-refractivity contribution in [2.75, 3.05) is 13.2 Å². The standard InChI is InChI=1S/C11H20N4O/c1-10-9-11(3-8-16-10)12-4-2-6-15-7-5-13-14-15/h5,7,10-12H,2-4,6,8-9H2,1H3. The second kappa shape index (κ2) is 5.96. The van der Waals surface area contributed by atoms with Gasteiger partial charge in [-0.3, -0.25) is 4.68 Å². The van der Waals surface area contributed by atoms with E-state index in [0.29, 0.717) is 12.1 Å². The molecule has 0 aliphatic carbocycles. The van der Waals surface area contributed by atoms with Crippen LogP contribution in [0.4, 0.5) is 0 Å². The van der Waals surface area contributed by atoms with Gasteiger partial charge in [0.05, 0.1) is 12.3 Å². The molecule has 0 saturated carbocycles. The molecule has 0 aromatic carbocycles. The molecule has 1 N–H and O–H groups in total. The number of nitrogens with one attached hydrogen (secondary N) is 1. The van der Waals surface area contributed by atoms with Gasteiger partial charge in [0.1, 0.15) is 0 Å². The quantitative estimate of drug-likeness (QED) is 0.753. The van der Waals surface area contributed by atoms with Gasteiger partial charge in [-0.05, 0) is 32.7 Å². The van der Waals surface area contributed by atoms with E-state index < -0.39 is 0 Å². The van der Waals surface area contributed by atoms with E-state index >= 15 is 0 Å². The van der Waals surface area contributed by atoms with E-state index in [1.807, 2.05) is 10.9 Å². The molecule has 2 rings (SSSR count). The zero-order valence-electron chi connectivity index (χ0n) is 9.80. The summed E-state index contributed by atoms with van der Waals surface area (Å²) in [4.78, 5) is 0. The Morgan fingerprint density at radius 2 is 2.50 bits per heavy atom. The van der Waals surface area contributed by atoms with E-state index in [4.69, 9.17) is 4.74 Å². The molecule has 1 saturated heterocycles. The summed E-state index contributed by atoms with van der Waals surface area (Å²) in [6.45, 7) is 5.01. The first kappa shape index (κ1) is 11.5. The van der Waals surface area contributed by atoms with Crippen LogP contribution in [0.1, 0.15) is 26.2 Å². The first-order valence-corrected chi connectivity index (χ1v) is 6.03. The largest absolute Gasteiger partial charge is 0.378 e. The number of hydrogen-bond donors (Lipinski definition) is 1. The molecule has 5 nitrogen and oxygen atoms in total. The van der Waals surface area contributed by atoms with Crippen molar-refractivity contribution in [3.63, 3.8) is 0 Å². The minimum atomic E-state index is 0.404. The third kappa shape index (κ3) is 3.57. The van der Waals surface area contributed by atoms with E-state index in [9.17, 15) is 0 Å². The molecule has 1 aliphatic heterocycles. The monoisotopic (exact) mass is 224 g/mol. The van der Waals surface area contributed by atoms with Crippen molar-refractivity contribution < 1.29 is 4.74 Å². The Bertz CT molecular complexity index is 288. The molecule has 16 heavy (non-hydrogen) atoms. The second-order valence-corrected chi connectivity index (χ2v) is 4.38. The Kier molecular flexibility index (Phi) is 4.30. The lowest BCUT2D eigenvalue weighted by atomic mass is 10.0. The van der Waals surface area contributed by atoms with Gasteiger partial charge in [0.15, 0.2) is 0 Å². The summed E-state index contributed by atoms with van der Waals surface area (Å²) in [7, 11) is 0. The SMILES string of the molecule is CC1CC(NCCCn2ccnn2)CCO1. The fraction of sp³-hybridized carbons (Fsp3) is 0.818. The van der Waals surface area contributed by atoms with Crippen LogP contribution in [-0.4, -0.2) is 40.3 Å². The van der Waals surface area contributed by atoms with Crippen LogP contribution >= 0.6 is 0 Å². The molecule has 2 heterocycles. The molecule has 0 bridgehead atoms. The lowest BCUT2D eigenvalue weighted by Gasteiger charge is -2.28.